The van der Waals surface area contributed by atoms with Crippen LogP contribution in [0.15, 0.2) is 54.6 Å². The largest absolute Gasteiger partial charge is 0.399 e. The summed E-state index contributed by atoms with van der Waals surface area (Å²) in [4.78, 5) is 11.8. The van der Waals surface area contributed by atoms with E-state index in [1.165, 1.54) is 0 Å². The third-order valence-corrected chi connectivity index (χ3v) is 4.23. The summed E-state index contributed by atoms with van der Waals surface area (Å²) in [7, 11) is -3.51. The maximum atomic E-state index is 12.0. The van der Waals surface area contributed by atoms with E-state index in [0.29, 0.717) is 16.9 Å². The molecular weight excluding hydrogens is 288 g/mol. The van der Waals surface area contributed by atoms with Crippen molar-refractivity contribution in [1.82, 2.24) is 0 Å². The van der Waals surface area contributed by atoms with Crippen molar-refractivity contribution in [3.05, 3.63) is 60.2 Å². The van der Waals surface area contributed by atoms with Gasteiger partial charge in [0.05, 0.1) is 5.75 Å². The average Bonchev–Trinajstić information content (AvgIpc) is 2.38. The van der Waals surface area contributed by atoms with Crippen LogP contribution in [0.2, 0.25) is 0 Å². The molecule has 0 aliphatic carbocycles. The Balaban J connectivity index is 1.98. The van der Waals surface area contributed by atoms with Crippen molar-refractivity contribution >= 4 is 27.1 Å². The Hall–Kier alpha value is -2.34. The zero-order valence-electron chi connectivity index (χ0n) is 11.3. The van der Waals surface area contributed by atoms with Gasteiger partial charge in [0.15, 0.2) is 9.84 Å². The van der Waals surface area contributed by atoms with Gasteiger partial charge in [0.1, 0.15) is 5.75 Å². The first kappa shape index (κ1) is 15.1. The van der Waals surface area contributed by atoms with Gasteiger partial charge < -0.3 is 11.1 Å². The molecular formula is C15H16N2O3S. The number of rotatable bonds is 5. The maximum absolute atomic E-state index is 12.0. The number of hydrogen-bond acceptors (Lipinski definition) is 4. The lowest BCUT2D eigenvalue weighted by Gasteiger charge is -2.07. The lowest BCUT2D eigenvalue weighted by atomic mass is 10.2. The van der Waals surface area contributed by atoms with Crippen LogP contribution >= 0.6 is 0 Å². The molecule has 110 valence electrons. The molecule has 3 N–H and O–H groups in total. The van der Waals surface area contributed by atoms with Crippen LogP contribution in [-0.2, 0) is 20.4 Å². The first-order valence-electron chi connectivity index (χ1n) is 6.34. The number of amides is 1. The van der Waals surface area contributed by atoms with E-state index in [9.17, 15) is 13.2 Å². The summed E-state index contributed by atoms with van der Waals surface area (Å²) in [5.41, 5.74) is 7.24. The van der Waals surface area contributed by atoms with Crippen LogP contribution < -0.4 is 11.1 Å². The molecule has 0 atom stereocenters. The molecule has 2 aromatic rings. The molecule has 0 saturated carbocycles. The predicted molar refractivity (Wildman–Crippen MR) is 83.4 cm³/mol. The van der Waals surface area contributed by atoms with Gasteiger partial charge in [-0.2, -0.15) is 0 Å². The number of nitrogens with two attached hydrogens (primary N) is 1. The molecule has 0 fully saturated rings. The fourth-order valence-electron chi connectivity index (χ4n) is 1.89. The normalized spacial score (nSPS) is 11.0. The molecule has 0 aliphatic rings. The van der Waals surface area contributed by atoms with Crippen molar-refractivity contribution in [3.8, 4) is 0 Å². The number of anilines is 2. The van der Waals surface area contributed by atoms with E-state index in [1.807, 2.05) is 6.07 Å². The Morgan fingerprint density at radius 1 is 1.05 bits per heavy atom. The average molecular weight is 304 g/mol. The molecule has 0 saturated heterocycles. The van der Waals surface area contributed by atoms with Gasteiger partial charge in [-0.25, -0.2) is 8.42 Å². The highest BCUT2D eigenvalue weighted by molar-refractivity contribution is 7.91. The van der Waals surface area contributed by atoms with E-state index >= 15 is 0 Å². The molecule has 0 aliphatic heterocycles. The third kappa shape index (κ3) is 4.92. The summed E-state index contributed by atoms with van der Waals surface area (Å²) in [6.45, 7) is 0. The monoisotopic (exact) mass is 304 g/mol. The Morgan fingerprint density at radius 2 is 1.76 bits per heavy atom. The van der Waals surface area contributed by atoms with Crippen molar-refractivity contribution in [1.29, 1.82) is 0 Å². The van der Waals surface area contributed by atoms with Crippen molar-refractivity contribution in [2.45, 2.75) is 5.75 Å². The fourth-order valence-corrected chi connectivity index (χ4v) is 3.17. The summed E-state index contributed by atoms with van der Waals surface area (Å²) >= 11 is 0. The molecule has 0 bridgehead atoms. The van der Waals surface area contributed by atoms with Gasteiger partial charge in [-0.3, -0.25) is 4.79 Å². The van der Waals surface area contributed by atoms with Crippen molar-refractivity contribution in [2.24, 2.45) is 0 Å². The van der Waals surface area contributed by atoms with Crippen LogP contribution in [0, 0.1) is 0 Å². The van der Waals surface area contributed by atoms with E-state index in [-0.39, 0.29) is 5.75 Å². The van der Waals surface area contributed by atoms with Crippen LogP contribution in [0.4, 0.5) is 11.4 Å². The predicted octanol–water partition coefficient (Wildman–Crippen LogP) is 1.82. The third-order valence-electron chi connectivity index (χ3n) is 2.75. The van der Waals surface area contributed by atoms with E-state index in [4.69, 9.17) is 5.73 Å². The van der Waals surface area contributed by atoms with Crippen LogP contribution in [-0.4, -0.2) is 20.1 Å². The molecule has 0 unspecified atom stereocenters. The lowest BCUT2D eigenvalue weighted by molar-refractivity contribution is -0.113. The second kappa shape index (κ2) is 6.41. The Morgan fingerprint density at radius 3 is 2.43 bits per heavy atom. The molecule has 0 radical (unpaired) electrons. The molecule has 2 aromatic carbocycles. The van der Waals surface area contributed by atoms with Gasteiger partial charge in [-0.1, -0.05) is 36.4 Å². The zero-order valence-corrected chi connectivity index (χ0v) is 12.1. The van der Waals surface area contributed by atoms with Gasteiger partial charge in [0.2, 0.25) is 5.91 Å². The number of benzene rings is 2. The van der Waals surface area contributed by atoms with Crippen LogP contribution in [0.5, 0.6) is 0 Å². The molecule has 0 heterocycles. The Kier molecular flexibility index (Phi) is 4.59. The van der Waals surface area contributed by atoms with Gasteiger partial charge in [-0.15, -0.1) is 0 Å². The Labute approximate surface area is 123 Å². The first-order valence-corrected chi connectivity index (χ1v) is 8.16. The molecule has 6 heteroatoms. The summed E-state index contributed by atoms with van der Waals surface area (Å²) in [5, 5.41) is 2.53. The van der Waals surface area contributed by atoms with E-state index in [2.05, 4.69) is 5.32 Å². The van der Waals surface area contributed by atoms with Gasteiger partial charge in [-0.05, 0) is 23.8 Å². The molecule has 21 heavy (non-hydrogen) atoms. The molecule has 2 rings (SSSR count). The molecule has 5 nitrogen and oxygen atoms in total. The highest BCUT2D eigenvalue weighted by Crippen LogP contribution is 2.12. The van der Waals surface area contributed by atoms with E-state index < -0.39 is 21.5 Å². The number of hydrogen-bond donors (Lipinski definition) is 2. The SMILES string of the molecule is Nc1cccc(NC(=O)CS(=O)(=O)Cc2ccccc2)c1. The minimum Gasteiger partial charge on any atom is -0.399 e. The minimum atomic E-state index is -3.51. The number of nitrogen functional groups attached to an aromatic ring is 1. The quantitative estimate of drug-likeness (QED) is 0.825. The van der Waals surface area contributed by atoms with Crippen LogP contribution in [0.1, 0.15) is 5.56 Å². The second-order valence-electron chi connectivity index (χ2n) is 4.69. The Bertz CT molecular complexity index is 728. The first-order chi connectivity index (χ1) is 9.94. The number of nitrogens with one attached hydrogen (secondary N) is 1. The number of carbonyl (C=O) groups excluding carboxylic acids is 1. The van der Waals surface area contributed by atoms with E-state index in [0.717, 1.165) is 0 Å². The zero-order chi connectivity index (χ0) is 15.3. The highest BCUT2D eigenvalue weighted by atomic mass is 32.2. The van der Waals surface area contributed by atoms with Crippen molar-refractivity contribution in [3.63, 3.8) is 0 Å². The molecule has 0 aromatic heterocycles. The molecule has 1 amide bonds. The summed E-state index contributed by atoms with van der Waals surface area (Å²) in [6, 6.07) is 15.4. The summed E-state index contributed by atoms with van der Waals surface area (Å²) < 4.78 is 24.0. The van der Waals surface area contributed by atoms with Crippen LogP contribution in [0.3, 0.4) is 0 Å². The number of carbonyl (C=O) groups is 1. The van der Waals surface area contributed by atoms with E-state index in [1.54, 1.807) is 48.5 Å². The minimum absolute atomic E-state index is 0.155. The summed E-state index contributed by atoms with van der Waals surface area (Å²) in [6.07, 6.45) is 0. The standard InChI is InChI=1S/C15H16N2O3S/c16-13-7-4-8-14(9-13)17-15(18)11-21(19,20)10-12-5-2-1-3-6-12/h1-9H,10-11,16H2,(H,17,18). The topological polar surface area (TPSA) is 89.3 Å². The van der Waals surface area contributed by atoms with Crippen LogP contribution in [0.25, 0.3) is 0 Å². The number of sulfone groups is 1. The lowest BCUT2D eigenvalue weighted by Crippen LogP contribution is -2.24. The van der Waals surface area contributed by atoms with Gasteiger partial charge in [0, 0.05) is 11.4 Å². The second-order valence-corrected chi connectivity index (χ2v) is 6.76. The summed E-state index contributed by atoms with van der Waals surface area (Å²) in [5.74, 6) is -1.29. The fraction of sp³-hybridized carbons (Fsp3) is 0.133. The van der Waals surface area contributed by atoms with Crippen molar-refractivity contribution < 1.29 is 13.2 Å². The highest BCUT2D eigenvalue weighted by Gasteiger charge is 2.17. The maximum Gasteiger partial charge on any atom is 0.239 e. The van der Waals surface area contributed by atoms with Crippen molar-refractivity contribution in [2.75, 3.05) is 16.8 Å². The van der Waals surface area contributed by atoms with Gasteiger partial charge in [0.25, 0.3) is 0 Å². The smallest absolute Gasteiger partial charge is 0.239 e. The van der Waals surface area contributed by atoms with Gasteiger partial charge >= 0.3 is 0 Å². The molecule has 0 spiro atoms.